The molecule has 1 amide bonds. The normalized spacial score (nSPS) is 11.6. The van der Waals surface area contributed by atoms with Crippen LogP contribution >= 0.6 is 11.8 Å². The van der Waals surface area contributed by atoms with Crippen molar-refractivity contribution in [2.24, 2.45) is 0 Å². The van der Waals surface area contributed by atoms with Gasteiger partial charge in [0.1, 0.15) is 5.25 Å². The summed E-state index contributed by atoms with van der Waals surface area (Å²) in [5.74, 6) is -0.742. The molecule has 0 heterocycles. The lowest BCUT2D eigenvalue weighted by atomic mass is 10.1. The maximum Gasteiger partial charge on any atom is 0.319 e. The van der Waals surface area contributed by atoms with E-state index in [9.17, 15) is 9.59 Å². The van der Waals surface area contributed by atoms with E-state index in [1.165, 1.54) is 11.8 Å². The molecule has 0 aliphatic heterocycles. The third kappa shape index (κ3) is 5.13. The van der Waals surface area contributed by atoms with Crippen molar-refractivity contribution in [3.05, 3.63) is 59.7 Å². The van der Waals surface area contributed by atoms with Crippen LogP contribution in [0, 0.1) is 13.8 Å². The number of benzene rings is 2. The van der Waals surface area contributed by atoms with E-state index in [0.29, 0.717) is 0 Å². The van der Waals surface area contributed by atoms with Crippen LogP contribution in [0.2, 0.25) is 0 Å². The first kappa shape index (κ1) is 18.1. The molecule has 0 spiro atoms. The van der Waals surface area contributed by atoms with Crippen LogP contribution in [-0.2, 0) is 14.3 Å². The minimum absolute atomic E-state index is 0.286. The zero-order chi connectivity index (χ0) is 17.5. The fraction of sp³-hybridized carbons (Fsp3) is 0.263. The Labute approximate surface area is 146 Å². The van der Waals surface area contributed by atoms with Crippen LogP contribution in [0.1, 0.15) is 18.1 Å². The number of esters is 1. The molecule has 0 fully saturated rings. The van der Waals surface area contributed by atoms with E-state index in [1.807, 2.05) is 62.4 Å². The largest absolute Gasteiger partial charge is 0.455 e. The maximum absolute atomic E-state index is 12.0. The zero-order valence-corrected chi connectivity index (χ0v) is 14.9. The smallest absolute Gasteiger partial charge is 0.319 e. The number of ether oxygens (including phenoxy) is 1. The summed E-state index contributed by atoms with van der Waals surface area (Å²) in [6.45, 7) is 5.40. The van der Waals surface area contributed by atoms with Gasteiger partial charge in [0, 0.05) is 10.6 Å². The van der Waals surface area contributed by atoms with Gasteiger partial charge in [-0.3, -0.25) is 9.59 Å². The van der Waals surface area contributed by atoms with Gasteiger partial charge in [-0.2, -0.15) is 0 Å². The quantitative estimate of drug-likeness (QED) is 0.637. The monoisotopic (exact) mass is 343 g/mol. The molecule has 0 unspecified atom stereocenters. The van der Waals surface area contributed by atoms with Gasteiger partial charge in [0.05, 0.1) is 0 Å². The Bertz CT molecular complexity index is 716. The third-order valence-electron chi connectivity index (χ3n) is 3.61. The van der Waals surface area contributed by atoms with Gasteiger partial charge in [0.25, 0.3) is 5.91 Å². The van der Waals surface area contributed by atoms with Crippen LogP contribution in [0.4, 0.5) is 5.69 Å². The number of amides is 1. The van der Waals surface area contributed by atoms with E-state index < -0.39 is 5.97 Å². The Balaban J connectivity index is 1.82. The highest BCUT2D eigenvalue weighted by molar-refractivity contribution is 8.00. The molecule has 24 heavy (non-hydrogen) atoms. The van der Waals surface area contributed by atoms with Crippen molar-refractivity contribution in [1.29, 1.82) is 0 Å². The molecule has 0 aromatic heterocycles. The van der Waals surface area contributed by atoms with E-state index in [2.05, 4.69) is 5.32 Å². The molecule has 1 atom stereocenters. The number of thioether (sulfide) groups is 1. The van der Waals surface area contributed by atoms with Crippen LogP contribution in [0.3, 0.4) is 0 Å². The Morgan fingerprint density at radius 3 is 2.50 bits per heavy atom. The second-order valence-corrected chi connectivity index (χ2v) is 6.89. The lowest BCUT2D eigenvalue weighted by Gasteiger charge is -2.13. The van der Waals surface area contributed by atoms with E-state index in [4.69, 9.17) is 4.74 Å². The summed E-state index contributed by atoms with van der Waals surface area (Å²) in [6.07, 6.45) is 0. The highest BCUT2D eigenvalue weighted by Gasteiger charge is 2.17. The molecule has 2 aromatic rings. The molecular formula is C19H21NO3S. The van der Waals surface area contributed by atoms with Gasteiger partial charge in [-0.05, 0) is 50.1 Å². The standard InChI is InChI=1S/C19H21NO3S/c1-13-8-7-11-17(14(13)2)20-18(21)12-23-19(22)15(3)24-16-9-5-4-6-10-16/h4-11,15H,12H2,1-3H3,(H,20,21)/t15-/m0/s1. The number of anilines is 1. The van der Waals surface area contributed by atoms with Gasteiger partial charge >= 0.3 is 5.97 Å². The molecule has 126 valence electrons. The summed E-state index contributed by atoms with van der Waals surface area (Å²) in [5.41, 5.74) is 2.84. The first-order valence-corrected chi connectivity index (χ1v) is 8.59. The minimum atomic E-state index is -0.403. The molecule has 2 aromatic carbocycles. The molecule has 0 radical (unpaired) electrons. The summed E-state index contributed by atoms with van der Waals surface area (Å²) >= 11 is 1.41. The second-order valence-electron chi connectivity index (χ2n) is 5.48. The van der Waals surface area contributed by atoms with E-state index in [-0.39, 0.29) is 17.8 Å². The third-order valence-corrected chi connectivity index (χ3v) is 4.70. The predicted octanol–water partition coefficient (Wildman–Crippen LogP) is 3.97. The van der Waals surface area contributed by atoms with Crippen LogP contribution in [-0.4, -0.2) is 23.7 Å². The minimum Gasteiger partial charge on any atom is -0.455 e. The number of aryl methyl sites for hydroxylation is 1. The Hall–Kier alpha value is -2.27. The molecule has 2 rings (SSSR count). The molecule has 0 aliphatic rings. The van der Waals surface area contributed by atoms with Gasteiger partial charge < -0.3 is 10.1 Å². The number of hydrogen-bond donors (Lipinski definition) is 1. The lowest BCUT2D eigenvalue weighted by molar-refractivity contribution is -0.146. The molecule has 0 aliphatic carbocycles. The summed E-state index contributed by atoms with van der Waals surface area (Å²) in [5, 5.41) is 2.40. The van der Waals surface area contributed by atoms with Crippen molar-refractivity contribution in [1.82, 2.24) is 0 Å². The van der Waals surface area contributed by atoms with Gasteiger partial charge in [0.15, 0.2) is 6.61 Å². The van der Waals surface area contributed by atoms with Gasteiger partial charge in [-0.25, -0.2) is 0 Å². The van der Waals surface area contributed by atoms with Crippen molar-refractivity contribution in [3.8, 4) is 0 Å². The topological polar surface area (TPSA) is 55.4 Å². The van der Waals surface area contributed by atoms with Crippen LogP contribution in [0.15, 0.2) is 53.4 Å². The van der Waals surface area contributed by atoms with E-state index >= 15 is 0 Å². The van der Waals surface area contributed by atoms with Crippen molar-refractivity contribution < 1.29 is 14.3 Å². The van der Waals surface area contributed by atoms with Gasteiger partial charge in [0.2, 0.25) is 0 Å². The second kappa shape index (κ2) is 8.55. The van der Waals surface area contributed by atoms with Crippen molar-refractivity contribution in [2.45, 2.75) is 30.9 Å². The van der Waals surface area contributed by atoms with Crippen LogP contribution in [0.5, 0.6) is 0 Å². The average Bonchev–Trinajstić information content (AvgIpc) is 2.57. The molecule has 1 N–H and O–H groups in total. The number of hydrogen-bond acceptors (Lipinski definition) is 4. The zero-order valence-electron chi connectivity index (χ0n) is 14.0. The summed E-state index contributed by atoms with van der Waals surface area (Å²) in [7, 11) is 0. The summed E-state index contributed by atoms with van der Waals surface area (Å²) < 4.78 is 5.11. The molecular weight excluding hydrogens is 322 g/mol. The highest BCUT2D eigenvalue weighted by Crippen LogP contribution is 2.23. The maximum atomic E-state index is 12.0. The average molecular weight is 343 g/mol. The van der Waals surface area contributed by atoms with Crippen LogP contribution in [0.25, 0.3) is 0 Å². The van der Waals surface area contributed by atoms with E-state index in [0.717, 1.165) is 21.7 Å². The highest BCUT2D eigenvalue weighted by atomic mass is 32.2. The first-order valence-electron chi connectivity index (χ1n) is 7.72. The van der Waals surface area contributed by atoms with Crippen molar-refractivity contribution in [3.63, 3.8) is 0 Å². The van der Waals surface area contributed by atoms with Crippen molar-refractivity contribution >= 4 is 29.3 Å². The number of nitrogens with one attached hydrogen (secondary N) is 1. The summed E-state index contributed by atoms with van der Waals surface area (Å²) in [4.78, 5) is 25.0. The SMILES string of the molecule is Cc1cccc(NC(=O)COC(=O)[C@H](C)Sc2ccccc2)c1C. The summed E-state index contributed by atoms with van der Waals surface area (Å²) in [6, 6.07) is 15.3. The van der Waals surface area contributed by atoms with Gasteiger partial charge in [-0.1, -0.05) is 30.3 Å². The first-order chi connectivity index (χ1) is 11.5. The lowest BCUT2D eigenvalue weighted by Crippen LogP contribution is -2.25. The molecule has 0 saturated heterocycles. The molecule has 0 bridgehead atoms. The van der Waals surface area contributed by atoms with E-state index in [1.54, 1.807) is 6.92 Å². The number of carbonyl (C=O) groups is 2. The fourth-order valence-corrected chi connectivity index (χ4v) is 2.96. The molecule has 5 heteroatoms. The van der Waals surface area contributed by atoms with Crippen LogP contribution < -0.4 is 5.32 Å². The molecule has 0 saturated carbocycles. The van der Waals surface area contributed by atoms with Gasteiger partial charge in [-0.15, -0.1) is 11.8 Å². The fourth-order valence-electron chi connectivity index (χ4n) is 2.08. The molecule has 4 nitrogen and oxygen atoms in total. The Kier molecular flexibility index (Phi) is 6.44. The van der Waals surface area contributed by atoms with Crippen molar-refractivity contribution in [2.75, 3.05) is 11.9 Å². The Morgan fingerprint density at radius 2 is 1.79 bits per heavy atom. The number of carbonyl (C=O) groups excluding carboxylic acids is 2. The predicted molar refractivity (Wildman–Crippen MR) is 97.3 cm³/mol. The Morgan fingerprint density at radius 1 is 1.08 bits per heavy atom. The number of rotatable bonds is 6.